The van der Waals surface area contributed by atoms with Crippen LogP contribution in [0.4, 0.5) is 5.69 Å². The molecule has 0 saturated heterocycles. The highest BCUT2D eigenvalue weighted by Gasteiger charge is 2.23. The summed E-state index contributed by atoms with van der Waals surface area (Å²) in [4.78, 5) is 22.0. The standard InChI is InChI=1S/C13H10BrNO4S/c1-7-5-9(3-4-10(7)14)19-13-11(15(17)18)6-12(20-13)8(2)16/h3-6H,1-2H3. The molecule has 0 aliphatic heterocycles. The fourth-order valence-electron chi connectivity index (χ4n) is 1.53. The van der Waals surface area contributed by atoms with Crippen LogP contribution in [0.5, 0.6) is 10.8 Å². The molecule has 2 rings (SSSR count). The Morgan fingerprint density at radius 1 is 1.40 bits per heavy atom. The molecule has 0 spiro atoms. The predicted octanol–water partition coefficient (Wildman–Crippen LogP) is 4.72. The summed E-state index contributed by atoms with van der Waals surface area (Å²) in [7, 11) is 0. The molecule has 0 aliphatic rings. The summed E-state index contributed by atoms with van der Waals surface area (Å²) < 4.78 is 6.47. The molecule has 5 nitrogen and oxygen atoms in total. The number of ketones is 1. The van der Waals surface area contributed by atoms with Gasteiger partial charge in [0.05, 0.1) is 9.80 Å². The van der Waals surface area contributed by atoms with Crippen LogP contribution in [0.3, 0.4) is 0 Å². The van der Waals surface area contributed by atoms with Crippen molar-refractivity contribution in [2.24, 2.45) is 0 Å². The number of benzene rings is 1. The molecular weight excluding hydrogens is 346 g/mol. The van der Waals surface area contributed by atoms with Gasteiger partial charge in [-0.15, -0.1) is 0 Å². The highest BCUT2D eigenvalue weighted by molar-refractivity contribution is 9.10. The van der Waals surface area contributed by atoms with E-state index in [1.807, 2.05) is 6.92 Å². The second-order valence-electron chi connectivity index (χ2n) is 4.11. The van der Waals surface area contributed by atoms with Gasteiger partial charge in [0.15, 0.2) is 5.78 Å². The minimum absolute atomic E-state index is 0.113. The van der Waals surface area contributed by atoms with E-state index in [0.29, 0.717) is 10.6 Å². The maximum Gasteiger partial charge on any atom is 0.323 e. The molecule has 0 atom stereocenters. The van der Waals surface area contributed by atoms with E-state index in [4.69, 9.17) is 4.74 Å². The molecular formula is C13H10BrNO4S. The van der Waals surface area contributed by atoms with Crippen molar-refractivity contribution in [3.63, 3.8) is 0 Å². The fraction of sp³-hybridized carbons (Fsp3) is 0.154. The number of rotatable bonds is 4. The van der Waals surface area contributed by atoms with Crippen LogP contribution in [0.2, 0.25) is 0 Å². The van der Waals surface area contributed by atoms with Crippen LogP contribution in [-0.4, -0.2) is 10.7 Å². The Morgan fingerprint density at radius 2 is 2.10 bits per heavy atom. The van der Waals surface area contributed by atoms with Crippen molar-refractivity contribution in [1.82, 2.24) is 0 Å². The Hall–Kier alpha value is -1.73. The number of halogens is 1. The summed E-state index contributed by atoms with van der Waals surface area (Å²) in [5.41, 5.74) is 0.759. The third-order valence-corrected chi connectivity index (χ3v) is 4.56. The van der Waals surface area contributed by atoms with Crippen LogP contribution in [0.15, 0.2) is 28.7 Å². The molecule has 1 aromatic heterocycles. The van der Waals surface area contributed by atoms with E-state index >= 15 is 0 Å². The minimum atomic E-state index is -0.552. The number of nitrogens with zero attached hydrogens (tertiary/aromatic N) is 1. The lowest BCUT2D eigenvalue weighted by Gasteiger charge is -2.04. The Labute approximate surface area is 127 Å². The molecule has 1 heterocycles. The lowest BCUT2D eigenvalue weighted by atomic mass is 10.2. The SMILES string of the molecule is CC(=O)c1cc([N+](=O)[O-])c(Oc2ccc(Br)c(C)c2)s1. The summed E-state index contributed by atoms with van der Waals surface area (Å²) in [5, 5.41) is 11.1. The maximum atomic E-state index is 11.3. The van der Waals surface area contributed by atoms with E-state index in [1.165, 1.54) is 13.0 Å². The van der Waals surface area contributed by atoms with Gasteiger partial charge < -0.3 is 4.74 Å². The molecule has 0 N–H and O–H groups in total. The van der Waals surface area contributed by atoms with E-state index in [1.54, 1.807) is 18.2 Å². The number of Topliss-reactive ketones (excluding diaryl/α,β-unsaturated/α-hetero) is 1. The first-order valence-electron chi connectivity index (χ1n) is 5.61. The lowest BCUT2D eigenvalue weighted by molar-refractivity contribution is -0.385. The fourth-order valence-corrected chi connectivity index (χ4v) is 2.66. The van der Waals surface area contributed by atoms with E-state index in [9.17, 15) is 14.9 Å². The lowest BCUT2D eigenvalue weighted by Crippen LogP contribution is -1.90. The highest BCUT2D eigenvalue weighted by atomic mass is 79.9. The molecule has 20 heavy (non-hydrogen) atoms. The van der Waals surface area contributed by atoms with E-state index in [2.05, 4.69) is 15.9 Å². The van der Waals surface area contributed by atoms with Crippen molar-refractivity contribution in [2.75, 3.05) is 0 Å². The molecule has 0 radical (unpaired) electrons. The number of carbonyl (C=O) groups is 1. The Balaban J connectivity index is 2.39. The zero-order chi connectivity index (χ0) is 14.9. The van der Waals surface area contributed by atoms with Gasteiger partial charge in [-0.2, -0.15) is 0 Å². The molecule has 1 aromatic carbocycles. The number of carbonyl (C=O) groups excluding carboxylic acids is 1. The summed E-state index contributed by atoms with van der Waals surface area (Å²) in [6.07, 6.45) is 0. The number of hydrogen-bond donors (Lipinski definition) is 0. The first-order valence-corrected chi connectivity index (χ1v) is 7.22. The van der Waals surface area contributed by atoms with Crippen LogP contribution in [0.1, 0.15) is 22.2 Å². The van der Waals surface area contributed by atoms with Gasteiger partial charge in [0, 0.05) is 10.5 Å². The molecule has 0 unspecified atom stereocenters. The van der Waals surface area contributed by atoms with Gasteiger partial charge in [-0.25, -0.2) is 0 Å². The van der Waals surface area contributed by atoms with Crippen molar-refractivity contribution in [2.45, 2.75) is 13.8 Å². The maximum absolute atomic E-state index is 11.3. The second kappa shape index (κ2) is 5.72. The first kappa shape index (κ1) is 14.7. The second-order valence-corrected chi connectivity index (χ2v) is 5.98. The van der Waals surface area contributed by atoms with Gasteiger partial charge in [0.1, 0.15) is 5.75 Å². The summed E-state index contributed by atoms with van der Waals surface area (Å²) >= 11 is 4.35. The van der Waals surface area contributed by atoms with Crippen LogP contribution in [-0.2, 0) is 0 Å². The molecule has 0 saturated carbocycles. The first-order chi connectivity index (χ1) is 9.38. The van der Waals surface area contributed by atoms with Gasteiger partial charge in [0.25, 0.3) is 5.06 Å². The van der Waals surface area contributed by atoms with Crippen molar-refractivity contribution in [1.29, 1.82) is 0 Å². The van der Waals surface area contributed by atoms with Crippen LogP contribution in [0, 0.1) is 17.0 Å². The van der Waals surface area contributed by atoms with E-state index < -0.39 is 4.92 Å². The average Bonchev–Trinajstić information content (AvgIpc) is 2.78. The Morgan fingerprint density at radius 3 is 2.65 bits per heavy atom. The Kier molecular flexibility index (Phi) is 4.20. The number of thiophene rings is 1. The molecule has 0 aliphatic carbocycles. The summed E-state index contributed by atoms with van der Waals surface area (Å²) in [6.45, 7) is 3.25. The van der Waals surface area contributed by atoms with E-state index in [-0.39, 0.29) is 16.5 Å². The largest absolute Gasteiger partial charge is 0.440 e. The topological polar surface area (TPSA) is 69.4 Å². The number of aryl methyl sites for hydroxylation is 1. The number of nitro groups is 1. The zero-order valence-corrected chi connectivity index (χ0v) is 13.1. The number of hydrogen-bond acceptors (Lipinski definition) is 5. The van der Waals surface area contributed by atoms with E-state index in [0.717, 1.165) is 21.4 Å². The van der Waals surface area contributed by atoms with Crippen molar-refractivity contribution >= 4 is 38.7 Å². The van der Waals surface area contributed by atoms with Gasteiger partial charge in [0.2, 0.25) is 0 Å². The summed E-state index contributed by atoms with van der Waals surface area (Å²) in [6, 6.07) is 6.51. The third-order valence-electron chi connectivity index (χ3n) is 2.56. The van der Waals surface area contributed by atoms with Crippen LogP contribution < -0.4 is 4.74 Å². The normalized spacial score (nSPS) is 10.3. The average molecular weight is 356 g/mol. The molecule has 2 aromatic rings. The van der Waals surface area contributed by atoms with Crippen LogP contribution in [0.25, 0.3) is 0 Å². The molecule has 0 amide bonds. The monoisotopic (exact) mass is 355 g/mol. The van der Waals surface area contributed by atoms with Crippen molar-refractivity contribution in [3.05, 3.63) is 49.3 Å². The Bertz CT molecular complexity index is 696. The zero-order valence-electron chi connectivity index (χ0n) is 10.7. The molecule has 104 valence electrons. The number of ether oxygens (including phenoxy) is 1. The van der Waals surface area contributed by atoms with Crippen molar-refractivity contribution < 1.29 is 14.5 Å². The van der Waals surface area contributed by atoms with Gasteiger partial charge >= 0.3 is 5.69 Å². The smallest absolute Gasteiger partial charge is 0.323 e. The molecule has 7 heteroatoms. The summed E-state index contributed by atoms with van der Waals surface area (Å²) in [5.74, 6) is 0.269. The van der Waals surface area contributed by atoms with Gasteiger partial charge in [-0.3, -0.25) is 14.9 Å². The minimum Gasteiger partial charge on any atom is -0.440 e. The molecule has 0 bridgehead atoms. The quantitative estimate of drug-likeness (QED) is 0.451. The van der Waals surface area contributed by atoms with Crippen LogP contribution >= 0.6 is 27.3 Å². The molecule has 0 fully saturated rings. The predicted molar refractivity (Wildman–Crippen MR) is 79.9 cm³/mol. The third kappa shape index (κ3) is 3.05. The van der Waals surface area contributed by atoms with Gasteiger partial charge in [-0.05, 0) is 37.6 Å². The van der Waals surface area contributed by atoms with Gasteiger partial charge in [-0.1, -0.05) is 27.3 Å². The highest BCUT2D eigenvalue weighted by Crippen LogP contribution is 2.40. The van der Waals surface area contributed by atoms with Crippen molar-refractivity contribution in [3.8, 4) is 10.8 Å².